The van der Waals surface area contributed by atoms with Crippen LogP contribution in [0.2, 0.25) is 0 Å². The van der Waals surface area contributed by atoms with Crippen molar-refractivity contribution < 1.29 is 19.2 Å². The van der Waals surface area contributed by atoms with E-state index in [2.05, 4.69) is 0 Å². The molecule has 1 N–H and O–H groups in total. The van der Waals surface area contributed by atoms with Gasteiger partial charge in [-0.15, -0.1) is 0 Å². The van der Waals surface area contributed by atoms with E-state index in [1.807, 2.05) is 0 Å². The Balaban J connectivity index is 2.55. The highest BCUT2D eigenvalue weighted by Gasteiger charge is 2.45. The molecule has 0 spiro atoms. The largest absolute Gasteiger partial charge is 0.480 e. The van der Waals surface area contributed by atoms with Crippen molar-refractivity contribution in [3.8, 4) is 0 Å². The predicted octanol–water partition coefficient (Wildman–Crippen LogP) is 2.18. The topological polar surface area (TPSA) is 83.7 Å². The van der Waals surface area contributed by atoms with Gasteiger partial charge in [-0.3, -0.25) is 10.1 Å². The lowest BCUT2D eigenvalue weighted by molar-refractivity contribution is -0.384. The number of carboxylic acids is 1. The fourth-order valence-electron chi connectivity index (χ4n) is 2.44. The smallest absolute Gasteiger partial charge is 0.329 e. The van der Waals surface area contributed by atoms with Crippen LogP contribution in [0.5, 0.6) is 0 Å². The van der Waals surface area contributed by atoms with Gasteiger partial charge in [-0.05, 0) is 25.8 Å². The summed E-state index contributed by atoms with van der Waals surface area (Å²) < 4.78 is 13.3. The Bertz CT molecular complexity index is 549. The molecule has 1 atom stereocenters. The zero-order valence-corrected chi connectivity index (χ0v) is 10.3. The number of rotatable bonds is 3. The Hall–Kier alpha value is -2.18. The summed E-state index contributed by atoms with van der Waals surface area (Å²) in [5.41, 5.74) is -1.50. The van der Waals surface area contributed by atoms with E-state index in [1.54, 1.807) is 0 Å². The Morgan fingerprint density at radius 3 is 2.84 bits per heavy atom. The number of carboxylic acid groups (broad SMARTS) is 1. The fourth-order valence-corrected chi connectivity index (χ4v) is 2.44. The number of anilines is 1. The Morgan fingerprint density at radius 1 is 1.58 bits per heavy atom. The van der Waals surface area contributed by atoms with Gasteiger partial charge in [0.2, 0.25) is 0 Å². The third-order valence-electron chi connectivity index (χ3n) is 3.53. The van der Waals surface area contributed by atoms with Crippen LogP contribution in [0, 0.1) is 15.9 Å². The first kappa shape index (κ1) is 13.3. The van der Waals surface area contributed by atoms with E-state index in [-0.39, 0.29) is 11.4 Å². The lowest BCUT2D eigenvalue weighted by Crippen LogP contribution is -2.48. The van der Waals surface area contributed by atoms with E-state index in [0.717, 1.165) is 18.2 Å². The number of benzene rings is 1. The van der Waals surface area contributed by atoms with Crippen LogP contribution in [0.4, 0.5) is 15.8 Å². The molecule has 0 aliphatic carbocycles. The molecule has 0 bridgehead atoms. The predicted molar refractivity (Wildman–Crippen MR) is 65.7 cm³/mol. The van der Waals surface area contributed by atoms with Crippen LogP contribution in [0.15, 0.2) is 18.2 Å². The first-order chi connectivity index (χ1) is 8.86. The molecule has 1 aromatic carbocycles. The molecule has 1 aliphatic rings. The molecule has 1 aromatic rings. The second kappa shape index (κ2) is 4.49. The molecule has 1 heterocycles. The molecule has 0 aromatic heterocycles. The molecule has 6 nitrogen and oxygen atoms in total. The van der Waals surface area contributed by atoms with E-state index in [9.17, 15) is 24.4 Å². The van der Waals surface area contributed by atoms with Gasteiger partial charge >= 0.3 is 5.97 Å². The molecule has 19 heavy (non-hydrogen) atoms. The van der Waals surface area contributed by atoms with Gasteiger partial charge in [0.1, 0.15) is 17.0 Å². The molecule has 1 unspecified atom stereocenters. The van der Waals surface area contributed by atoms with E-state index in [1.165, 1.54) is 11.8 Å². The first-order valence-electron chi connectivity index (χ1n) is 5.81. The van der Waals surface area contributed by atoms with E-state index in [4.69, 9.17) is 0 Å². The van der Waals surface area contributed by atoms with Crippen LogP contribution in [0.25, 0.3) is 0 Å². The Labute approximate surface area is 108 Å². The van der Waals surface area contributed by atoms with Crippen LogP contribution in [0.3, 0.4) is 0 Å². The summed E-state index contributed by atoms with van der Waals surface area (Å²) in [5.74, 6) is -1.69. The van der Waals surface area contributed by atoms with Crippen LogP contribution < -0.4 is 4.90 Å². The molecule has 102 valence electrons. The van der Waals surface area contributed by atoms with Gasteiger partial charge in [-0.25, -0.2) is 9.18 Å². The summed E-state index contributed by atoms with van der Waals surface area (Å²) in [6, 6.07) is 3.08. The third-order valence-corrected chi connectivity index (χ3v) is 3.53. The summed E-state index contributed by atoms with van der Waals surface area (Å²) in [6.07, 6.45) is 0.965. The van der Waals surface area contributed by atoms with Gasteiger partial charge in [0.15, 0.2) is 0 Å². The number of nitro benzene ring substituents is 1. The third kappa shape index (κ3) is 2.11. The molecular formula is C12H13FN2O4. The Morgan fingerprint density at radius 2 is 2.26 bits per heavy atom. The summed E-state index contributed by atoms with van der Waals surface area (Å²) in [4.78, 5) is 23.1. The fraction of sp³-hybridized carbons (Fsp3) is 0.417. The minimum atomic E-state index is -1.24. The highest BCUT2D eigenvalue weighted by Crippen LogP contribution is 2.39. The summed E-state index contributed by atoms with van der Waals surface area (Å²) >= 11 is 0. The molecular weight excluding hydrogens is 255 g/mol. The van der Waals surface area contributed by atoms with Crippen LogP contribution in [0.1, 0.15) is 19.8 Å². The van der Waals surface area contributed by atoms with Crippen molar-refractivity contribution in [3.63, 3.8) is 0 Å². The highest BCUT2D eigenvalue weighted by molar-refractivity contribution is 5.85. The minimum Gasteiger partial charge on any atom is -0.480 e. The highest BCUT2D eigenvalue weighted by atomic mass is 19.1. The molecule has 1 saturated heterocycles. The molecule has 2 rings (SSSR count). The van der Waals surface area contributed by atoms with Crippen molar-refractivity contribution >= 4 is 17.3 Å². The van der Waals surface area contributed by atoms with Crippen molar-refractivity contribution in [2.75, 3.05) is 11.4 Å². The number of hydrogen-bond acceptors (Lipinski definition) is 4. The second-order valence-corrected chi connectivity index (χ2v) is 4.72. The van der Waals surface area contributed by atoms with Gasteiger partial charge < -0.3 is 10.0 Å². The van der Waals surface area contributed by atoms with Crippen LogP contribution in [-0.4, -0.2) is 28.1 Å². The van der Waals surface area contributed by atoms with Gasteiger partial charge in [-0.1, -0.05) is 0 Å². The van der Waals surface area contributed by atoms with Crippen molar-refractivity contribution in [1.82, 2.24) is 0 Å². The quantitative estimate of drug-likeness (QED) is 0.671. The minimum absolute atomic E-state index is 0.0207. The number of nitrogens with zero attached hydrogens (tertiary/aromatic N) is 2. The first-order valence-corrected chi connectivity index (χ1v) is 5.81. The zero-order valence-electron chi connectivity index (χ0n) is 10.3. The summed E-state index contributed by atoms with van der Waals surface area (Å²) in [7, 11) is 0. The standard InChI is InChI=1S/C12H13FN2O4/c1-12(11(16)17)5-2-6-14(12)10-7-8(13)3-4-9(10)15(18)19/h3-4,7H,2,5-6H2,1H3,(H,16,17). The monoisotopic (exact) mass is 268 g/mol. The lowest BCUT2D eigenvalue weighted by Gasteiger charge is -2.32. The second-order valence-electron chi connectivity index (χ2n) is 4.72. The van der Waals surface area contributed by atoms with E-state index < -0.39 is 22.2 Å². The number of aliphatic carboxylic acids is 1. The lowest BCUT2D eigenvalue weighted by atomic mass is 9.98. The molecule has 7 heteroatoms. The maximum atomic E-state index is 13.3. The van der Waals surface area contributed by atoms with Gasteiger partial charge in [-0.2, -0.15) is 0 Å². The molecule has 1 fully saturated rings. The number of halogens is 1. The van der Waals surface area contributed by atoms with Crippen molar-refractivity contribution in [2.24, 2.45) is 0 Å². The number of carbonyl (C=O) groups is 1. The molecule has 0 amide bonds. The summed E-state index contributed by atoms with van der Waals surface area (Å²) in [5, 5.41) is 20.3. The molecule has 0 radical (unpaired) electrons. The van der Waals surface area contributed by atoms with Crippen LogP contribution >= 0.6 is 0 Å². The maximum Gasteiger partial charge on any atom is 0.329 e. The van der Waals surface area contributed by atoms with E-state index in [0.29, 0.717) is 19.4 Å². The molecule has 1 aliphatic heterocycles. The zero-order chi connectivity index (χ0) is 14.2. The van der Waals surface area contributed by atoms with Gasteiger partial charge in [0.05, 0.1) is 4.92 Å². The maximum absolute atomic E-state index is 13.3. The van der Waals surface area contributed by atoms with Crippen molar-refractivity contribution in [2.45, 2.75) is 25.3 Å². The number of hydrogen-bond donors (Lipinski definition) is 1. The van der Waals surface area contributed by atoms with Crippen molar-refractivity contribution in [3.05, 3.63) is 34.1 Å². The number of nitro groups is 1. The Kier molecular flexibility index (Phi) is 3.13. The van der Waals surface area contributed by atoms with E-state index >= 15 is 0 Å². The van der Waals surface area contributed by atoms with Gasteiger partial charge in [0.25, 0.3) is 5.69 Å². The average Bonchev–Trinajstić information content (AvgIpc) is 2.72. The SMILES string of the molecule is CC1(C(=O)O)CCCN1c1cc(F)ccc1[N+](=O)[O-]. The average molecular weight is 268 g/mol. The van der Waals surface area contributed by atoms with Crippen molar-refractivity contribution in [1.29, 1.82) is 0 Å². The van der Waals surface area contributed by atoms with Crippen LogP contribution in [-0.2, 0) is 4.79 Å². The van der Waals surface area contributed by atoms with Gasteiger partial charge in [0, 0.05) is 18.7 Å². The molecule has 0 saturated carbocycles. The summed E-state index contributed by atoms with van der Waals surface area (Å²) in [6.45, 7) is 1.85. The normalized spacial score (nSPS) is 22.5.